The van der Waals surface area contributed by atoms with Crippen LogP contribution in [0.4, 0.5) is 28.9 Å². The maximum Gasteiger partial charge on any atom is 0.419 e. The maximum atomic E-state index is 13.3. The van der Waals surface area contributed by atoms with Gasteiger partial charge in [-0.3, -0.25) is 14.9 Å². The number of amides is 1. The molecule has 0 spiro atoms. The Labute approximate surface area is 153 Å². The highest BCUT2D eigenvalue weighted by Crippen LogP contribution is 2.33. The summed E-state index contributed by atoms with van der Waals surface area (Å²) in [6, 6.07) is 5.36. The van der Waals surface area contributed by atoms with Crippen molar-refractivity contribution in [1.29, 1.82) is 0 Å². The van der Waals surface area contributed by atoms with Gasteiger partial charge < -0.3 is 5.32 Å². The van der Waals surface area contributed by atoms with E-state index in [1.807, 2.05) is 0 Å². The van der Waals surface area contributed by atoms with Crippen LogP contribution in [-0.2, 0) is 6.18 Å². The van der Waals surface area contributed by atoms with E-state index in [0.29, 0.717) is 12.1 Å². The minimum atomic E-state index is -4.94. The van der Waals surface area contributed by atoms with Crippen molar-refractivity contribution in [3.8, 4) is 5.69 Å². The molecule has 1 N–H and O–H groups in total. The first kappa shape index (κ1) is 18.9. The SMILES string of the molecule is O=C(Nc1ccc(F)c(C(F)(F)F)c1)c1ccc(-n2cncn2)c([N+](=O)[O-])c1. The van der Waals surface area contributed by atoms with Gasteiger partial charge in [0.25, 0.3) is 11.6 Å². The molecule has 1 amide bonds. The molecule has 0 aliphatic carbocycles. The molecular formula is C16H9F4N5O3. The van der Waals surface area contributed by atoms with Crippen LogP contribution >= 0.6 is 0 Å². The van der Waals surface area contributed by atoms with Gasteiger partial charge in [0.1, 0.15) is 24.2 Å². The highest BCUT2D eigenvalue weighted by molar-refractivity contribution is 6.05. The van der Waals surface area contributed by atoms with Crippen molar-refractivity contribution in [3.05, 3.63) is 76.1 Å². The standard InChI is InChI=1S/C16H9F4N5O3/c17-12-3-2-10(6-11(12)16(18,19)20)23-15(26)9-1-4-13(14(5-9)25(27)28)24-8-21-7-22-24/h1-8H,(H,23,26). The number of nitrogens with one attached hydrogen (secondary N) is 1. The van der Waals surface area contributed by atoms with Crippen LogP contribution in [0.2, 0.25) is 0 Å². The third-order valence-corrected chi connectivity index (χ3v) is 3.63. The second-order valence-corrected chi connectivity index (χ2v) is 5.45. The van der Waals surface area contributed by atoms with Crippen molar-refractivity contribution in [2.45, 2.75) is 6.18 Å². The predicted octanol–water partition coefficient (Wildman–Crippen LogP) is 3.59. The quantitative estimate of drug-likeness (QED) is 0.413. The fraction of sp³-hybridized carbons (Fsp3) is 0.0625. The van der Waals surface area contributed by atoms with Crippen molar-refractivity contribution in [3.63, 3.8) is 0 Å². The average molecular weight is 395 g/mol. The number of nitro groups is 1. The zero-order valence-electron chi connectivity index (χ0n) is 13.6. The Balaban J connectivity index is 1.91. The van der Waals surface area contributed by atoms with Crippen LogP contribution in [0, 0.1) is 15.9 Å². The Morgan fingerprint density at radius 3 is 2.54 bits per heavy atom. The molecule has 1 heterocycles. The van der Waals surface area contributed by atoms with E-state index >= 15 is 0 Å². The Hall–Kier alpha value is -3.83. The molecule has 144 valence electrons. The molecule has 0 saturated heterocycles. The number of nitro benzene ring substituents is 1. The predicted molar refractivity (Wildman–Crippen MR) is 87.4 cm³/mol. The number of nitrogens with zero attached hydrogens (tertiary/aromatic N) is 4. The van der Waals surface area contributed by atoms with Crippen molar-refractivity contribution in [2.24, 2.45) is 0 Å². The molecule has 0 radical (unpaired) electrons. The van der Waals surface area contributed by atoms with Crippen LogP contribution in [0.1, 0.15) is 15.9 Å². The van der Waals surface area contributed by atoms with Crippen LogP contribution in [-0.4, -0.2) is 25.6 Å². The van der Waals surface area contributed by atoms with Crippen molar-refractivity contribution >= 4 is 17.3 Å². The molecule has 1 aromatic heterocycles. The lowest BCUT2D eigenvalue weighted by Gasteiger charge is -2.11. The number of carbonyl (C=O) groups excluding carboxylic acids is 1. The Bertz CT molecular complexity index is 1050. The summed E-state index contributed by atoms with van der Waals surface area (Å²) in [6.45, 7) is 0. The molecule has 0 bridgehead atoms. The first-order valence-electron chi connectivity index (χ1n) is 7.48. The lowest BCUT2D eigenvalue weighted by atomic mass is 10.1. The van der Waals surface area contributed by atoms with E-state index < -0.39 is 34.1 Å². The molecular weight excluding hydrogens is 386 g/mol. The molecule has 0 aliphatic heterocycles. The second kappa shape index (κ2) is 7.06. The van der Waals surface area contributed by atoms with Gasteiger partial charge in [0.2, 0.25) is 0 Å². The number of aromatic nitrogens is 3. The summed E-state index contributed by atoms with van der Waals surface area (Å²) in [5, 5.41) is 17.2. The topological polar surface area (TPSA) is 103 Å². The lowest BCUT2D eigenvalue weighted by Crippen LogP contribution is -2.15. The number of alkyl halides is 3. The summed E-state index contributed by atoms with van der Waals surface area (Å²) in [7, 11) is 0. The molecule has 2 aromatic carbocycles. The van der Waals surface area contributed by atoms with E-state index in [4.69, 9.17) is 0 Å². The van der Waals surface area contributed by atoms with Gasteiger partial charge in [0, 0.05) is 17.3 Å². The number of hydrogen-bond acceptors (Lipinski definition) is 5. The number of rotatable bonds is 4. The summed E-state index contributed by atoms with van der Waals surface area (Å²) >= 11 is 0. The molecule has 0 saturated carbocycles. The largest absolute Gasteiger partial charge is 0.419 e. The number of halogens is 4. The molecule has 8 nitrogen and oxygen atoms in total. The molecule has 0 fully saturated rings. The van der Waals surface area contributed by atoms with E-state index in [-0.39, 0.29) is 16.9 Å². The van der Waals surface area contributed by atoms with Gasteiger partial charge in [-0.2, -0.15) is 18.3 Å². The van der Waals surface area contributed by atoms with E-state index in [1.54, 1.807) is 0 Å². The van der Waals surface area contributed by atoms with Gasteiger partial charge in [-0.25, -0.2) is 14.1 Å². The average Bonchev–Trinajstić information content (AvgIpc) is 3.16. The van der Waals surface area contributed by atoms with Crippen molar-refractivity contribution in [2.75, 3.05) is 5.32 Å². The smallest absolute Gasteiger partial charge is 0.322 e. The van der Waals surface area contributed by atoms with Crippen LogP contribution in [0.15, 0.2) is 49.1 Å². The van der Waals surface area contributed by atoms with Gasteiger partial charge in [-0.15, -0.1) is 0 Å². The van der Waals surface area contributed by atoms with E-state index in [1.165, 1.54) is 18.5 Å². The summed E-state index contributed by atoms with van der Waals surface area (Å²) in [5.41, 5.74) is -2.47. The van der Waals surface area contributed by atoms with Gasteiger partial charge in [-0.1, -0.05) is 0 Å². The summed E-state index contributed by atoms with van der Waals surface area (Å²) < 4.78 is 52.8. The third-order valence-electron chi connectivity index (χ3n) is 3.63. The van der Waals surface area contributed by atoms with Gasteiger partial charge >= 0.3 is 6.18 Å². The van der Waals surface area contributed by atoms with Gasteiger partial charge in [0.15, 0.2) is 0 Å². The lowest BCUT2D eigenvalue weighted by molar-refractivity contribution is -0.384. The summed E-state index contributed by atoms with van der Waals surface area (Å²) in [6.07, 6.45) is -2.56. The number of benzene rings is 2. The van der Waals surface area contributed by atoms with E-state index in [9.17, 15) is 32.5 Å². The monoisotopic (exact) mass is 395 g/mol. The minimum Gasteiger partial charge on any atom is -0.322 e. The molecule has 0 atom stereocenters. The molecule has 12 heteroatoms. The van der Waals surface area contributed by atoms with E-state index in [2.05, 4.69) is 15.4 Å². The van der Waals surface area contributed by atoms with Crippen molar-refractivity contribution < 1.29 is 27.3 Å². The zero-order chi connectivity index (χ0) is 20.5. The maximum absolute atomic E-state index is 13.3. The number of anilines is 1. The number of hydrogen-bond donors (Lipinski definition) is 1. The molecule has 3 rings (SSSR count). The highest BCUT2D eigenvalue weighted by atomic mass is 19.4. The first-order chi connectivity index (χ1) is 13.2. The highest BCUT2D eigenvalue weighted by Gasteiger charge is 2.34. The van der Waals surface area contributed by atoms with E-state index in [0.717, 1.165) is 23.1 Å². The fourth-order valence-corrected chi connectivity index (χ4v) is 2.36. The fourth-order valence-electron chi connectivity index (χ4n) is 2.36. The molecule has 3 aromatic rings. The Kier molecular flexibility index (Phi) is 4.78. The van der Waals surface area contributed by atoms with Gasteiger partial charge in [-0.05, 0) is 30.3 Å². The minimum absolute atomic E-state index is 0.0418. The molecule has 28 heavy (non-hydrogen) atoms. The molecule has 0 unspecified atom stereocenters. The van der Waals surface area contributed by atoms with Crippen molar-refractivity contribution in [1.82, 2.24) is 14.8 Å². The Morgan fingerprint density at radius 1 is 1.18 bits per heavy atom. The Morgan fingerprint density at radius 2 is 1.93 bits per heavy atom. The number of carbonyl (C=O) groups is 1. The normalized spacial score (nSPS) is 11.3. The first-order valence-corrected chi connectivity index (χ1v) is 7.48. The molecule has 0 aliphatic rings. The van der Waals surface area contributed by atoms with Crippen LogP contribution in [0.25, 0.3) is 5.69 Å². The zero-order valence-corrected chi connectivity index (χ0v) is 13.6. The summed E-state index contributed by atoms with van der Waals surface area (Å²) in [4.78, 5) is 26.5. The van der Waals surface area contributed by atoms with Gasteiger partial charge in [0.05, 0.1) is 10.5 Å². The summed E-state index contributed by atoms with van der Waals surface area (Å²) in [5.74, 6) is -2.40. The second-order valence-electron chi connectivity index (χ2n) is 5.45. The van der Waals surface area contributed by atoms with Crippen LogP contribution in [0.5, 0.6) is 0 Å². The van der Waals surface area contributed by atoms with Crippen LogP contribution < -0.4 is 5.32 Å². The third kappa shape index (κ3) is 3.79. The van der Waals surface area contributed by atoms with Crippen LogP contribution in [0.3, 0.4) is 0 Å².